The second-order valence-corrected chi connectivity index (χ2v) is 3.80. The number of hydrogen-bond donors (Lipinski definition) is 3. The number of amides is 3. The van der Waals surface area contributed by atoms with Crippen molar-refractivity contribution >= 4 is 17.7 Å². The van der Waals surface area contributed by atoms with Gasteiger partial charge in [-0.1, -0.05) is 0 Å². The monoisotopic (exact) mass is 242 g/mol. The summed E-state index contributed by atoms with van der Waals surface area (Å²) >= 11 is 0. The van der Waals surface area contributed by atoms with E-state index in [-0.39, 0.29) is 5.57 Å². The van der Waals surface area contributed by atoms with Gasteiger partial charge in [-0.15, -0.1) is 0 Å². The zero-order valence-electron chi connectivity index (χ0n) is 10.1. The number of hydrogen-bond acceptors (Lipinski definition) is 5. The van der Waals surface area contributed by atoms with Gasteiger partial charge in [0.2, 0.25) is 17.7 Å². The topological polar surface area (TPSA) is 133 Å². The van der Waals surface area contributed by atoms with Crippen LogP contribution in [0.3, 0.4) is 0 Å². The summed E-state index contributed by atoms with van der Waals surface area (Å²) in [7, 11) is 0. The summed E-state index contributed by atoms with van der Waals surface area (Å²) in [5, 5.41) is 0. The zero-order valence-corrected chi connectivity index (χ0v) is 10.1. The van der Waals surface area contributed by atoms with E-state index >= 15 is 0 Å². The van der Waals surface area contributed by atoms with Crippen molar-refractivity contribution in [2.24, 2.45) is 17.2 Å². The molecule has 0 fully saturated rings. The Balaban J connectivity index is 5.27. The molecule has 2 atom stereocenters. The van der Waals surface area contributed by atoms with Crippen molar-refractivity contribution in [2.45, 2.75) is 32.9 Å². The molecule has 0 saturated heterocycles. The van der Waals surface area contributed by atoms with Gasteiger partial charge in [0.05, 0.1) is 12.1 Å². The largest absolute Gasteiger partial charge is 0.366 e. The third kappa shape index (κ3) is 4.33. The number of imide groups is 1. The first kappa shape index (κ1) is 15.3. The van der Waals surface area contributed by atoms with E-state index in [1.807, 2.05) is 0 Å². The van der Waals surface area contributed by atoms with Gasteiger partial charge in [0, 0.05) is 11.8 Å². The van der Waals surface area contributed by atoms with Crippen molar-refractivity contribution in [1.29, 1.82) is 0 Å². The zero-order chi connectivity index (χ0) is 13.7. The van der Waals surface area contributed by atoms with E-state index in [4.69, 9.17) is 17.2 Å². The highest BCUT2D eigenvalue weighted by Crippen LogP contribution is 2.03. The highest BCUT2D eigenvalue weighted by atomic mass is 16.2. The lowest BCUT2D eigenvalue weighted by Gasteiger charge is -2.21. The molecule has 0 aromatic heterocycles. The van der Waals surface area contributed by atoms with Gasteiger partial charge in [-0.2, -0.15) is 0 Å². The van der Waals surface area contributed by atoms with Gasteiger partial charge < -0.3 is 17.2 Å². The highest BCUT2D eigenvalue weighted by Gasteiger charge is 2.25. The Bertz CT molecular complexity index is 341. The van der Waals surface area contributed by atoms with Crippen LogP contribution in [-0.4, -0.2) is 34.7 Å². The molecule has 0 bridgehead atoms. The molecular formula is C10H18N4O3. The van der Waals surface area contributed by atoms with Crippen molar-refractivity contribution < 1.29 is 14.4 Å². The summed E-state index contributed by atoms with van der Waals surface area (Å²) in [6.45, 7) is 4.24. The molecule has 7 heteroatoms. The number of primary amides is 1. The quantitative estimate of drug-likeness (QED) is 0.512. The molecule has 3 amide bonds. The summed E-state index contributed by atoms with van der Waals surface area (Å²) in [5.41, 5.74) is 15.9. The Hall–Kier alpha value is -1.73. The molecule has 0 aliphatic carbocycles. The number of rotatable bonds is 4. The fraction of sp³-hybridized carbons (Fsp3) is 0.500. The Kier molecular flexibility index (Phi) is 5.49. The van der Waals surface area contributed by atoms with Crippen molar-refractivity contribution in [1.82, 2.24) is 4.90 Å². The number of nitrogens with zero attached hydrogens (tertiary/aromatic N) is 1. The Morgan fingerprint density at radius 1 is 1.06 bits per heavy atom. The van der Waals surface area contributed by atoms with Crippen LogP contribution in [0.5, 0.6) is 0 Å². The SMILES string of the molecule is CC(=CN(C(=O)C(C)N)C(=O)C(C)N)C(N)=O. The third-order valence-electron chi connectivity index (χ3n) is 1.97. The Labute approximate surface area is 99.6 Å². The van der Waals surface area contributed by atoms with Crippen LogP contribution in [0.15, 0.2) is 11.8 Å². The molecule has 0 aromatic rings. The van der Waals surface area contributed by atoms with E-state index in [1.54, 1.807) is 0 Å². The summed E-state index contributed by atoms with van der Waals surface area (Å²) < 4.78 is 0. The third-order valence-corrected chi connectivity index (χ3v) is 1.97. The van der Waals surface area contributed by atoms with Crippen LogP contribution in [0.2, 0.25) is 0 Å². The Morgan fingerprint density at radius 2 is 1.41 bits per heavy atom. The minimum atomic E-state index is -0.880. The van der Waals surface area contributed by atoms with E-state index in [0.717, 1.165) is 11.1 Å². The first-order valence-corrected chi connectivity index (χ1v) is 5.04. The average molecular weight is 242 g/mol. The summed E-state index contributed by atoms with van der Waals surface area (Å²) in [4.78, 5) is 34.9. The van der Waals surface area contributed by atoms with Crippen molar-refractivity contribution in [3.05, 3.63) is 11.8 Å². The lowest BCUT2D eigenvalue weighted by Crippen LogP contribution is -2.48. The summed E-state index contributed by atoms with van der Waals surface area (Å²) in [6, 6.07) is -1.76. The molecular weight excluding hydrogens is 224 g/mol. The molecule has 0 saturated carbocycles. The van der Waals surface area contributed by atoms with Crippen LogP contribution >= 0.6 is 0 Å². The molecule has 96 valence electrons. The number of carbonyl (C=O) groups is 3. The fourth-order valence-corrected chi connectivity index (χ4v) is 0.932. The molecule has 0 aromatic carbocycles. The molecule has 0 radical (unpaired) electrons. The minimum absolute atomic E-state index is 0.0630. The Morgan fingerprint density at radius 3 is 1.65 bits per heavy atom. The average Bonchev–Trinajstić information content (AvgIpc) is 2.22. The van der Waals surface area contributed by atoms with Gasteiger partial charge in [-0.25, -0.2) is 0 Å². The second kappa shape index (κ2) is 6.12. The summed E-state index contributed by atoms with van der Waals surface area (Å²) in [6.07, 6.45) is 1.06. The molecule has 7 nitrogen and oxygen atoms in total. The van der Waals surface area contributed by atoms with Crippen LogP contribution in [0.25, 0.3) is 0 Å². The van der Waals surface area contributed by atoms with Crippen LogP contribution < -0.4 is 17.2 Å². The van der Waals surface area contributed by atoms with Crippen molar-refractivity contribution in [2.75, 3.05) is 0 Å². The molecule has 0 aliphatic rings. The fourth-order valence-electron chi connectivity index (χ4n) is 0.932. The maximum absolute atomic E-state index is 11.7. The van der Waals surface area contributed by atoms with Crippen LogP contribution in [0.1, 0.15) is 20.8 Å². The summed E-state index contributed by atoms with van der Waals surface area (Å²) in [5.74, 6) is -2.02. The maximum Gasteiger partial charge on any atom is 0.249 e. The van der Waals surface area contributed by atoms with E-state index in [1.165, 1.54) is 20.8 Å². The van der Waals surface area contributed by atoms with Gasteiger partial charge in [0.25, 0.3) is 0 Å². The molecule has 0 spiro atoms. The van der Waals surface area contributed by atoms with Crippen molar-refractivity contribution in [3.63, 3.8) is 0 Å². The smallest absolute Gasteiger partial charge is 0.249 e. The predicted octanol–water partition coefficient (Wildman–Crippen LogP) is -1.57. The second-order valence-electron chi connectivity index (χ2n) is 3.80. The maximum atomic E-state index is 11.7. The number of nitrogens with two attached hydrogens (primary N) is 3. The van der Waals surface area contributed by atoms with Gasteiger partial charge in [-0.3, -0.25) is 19.3 Å². The molecule has 0 rings (SSSR count). The standard InChI is InChI=1S/C10H18N4O3/c1-5(8(13)15)4-14(9(16)6(2)11)10(17)7(3)12/h4,6-7H,11-12H2,1-3H3,(H2,13,15). The lowest BCUT2D eigenvalue weighted by molar-refractivity contribution is -0.142. The molecule has 0 heterocycles. The molecule has 17 heavy (non-hydrogen) atoms. The normalized spacial score (nSPS) is 15.0. The van der Waals surface area contributed by atoms with E-state index in [2.05, 4.69) is 0 Å². The van der Waals surface area contributed by atoms with Crippen LogP contribution in [0.4, 0.5) is 0 Å². The van der Waals surface area contributed by atoms with Gasteiger partial charge >= 0.3 is 0 Å². The minimum Gasteiger partial charge on any atom is -0.366 e. The first-order chi connectivity index (χ1) is 7.68. The van der Waals surface area contributed by atoms with E-state index in [0.29, 0.717) is 0 Å². The van der Waals surface area contributed by atoms with Gasteiger partial charge in [0.1, 0.15) is 0 Å². The predicted molar refractivity (Wildman–Crippen MR) is 62.1 cm³/mol. The molecule has 6 N–H and O–H groups in total. The lowest BCUT2D eigenvalue weighted by atomic mass is 10.2. The van der Waals surface area contributed by atoms with Gasteiger partial charge in [0.15, 0.2) is 0 Å². The highest BCUT2D eigenvalue weighted by molar-refractivity contribution is 6.02. The molecule has 2 unspecified atom stereocenters. The number of carbonyl (C=O) groups excluding carboxylic acids is 3. The van der Waals surface area contributed by atoms with E-state index < -0.39 is 29.8 Å². The first-order valence-electron chi connectivity index (χ1n) is 5.04. The van der Waals surface area contributed by atoms with Crippen LogP contribution in [-0.2, 0) is 14.4 Å². The van der Waals surface area contributed by atoms with E-state index in [9.17, 15) is 14.4 Å². The van der Waals surface area contributed by atoms with Crippen LogP contribution in [0, 0.1) is 0 Å². The van der Waals surface area contributed by atoms with Gasteiger partial charge in [-0.05, 0) is 20.8 Å². The van der Waals surface area contributed by atoms with Crippen molar-refractivity contribution in [3.8, 4) is 0 Å². The molecule has 0 aliphatic heterocycles.